The van der Waals surface area contributed by atoms with Crippen LogP contribution < -0.4 is 37.7 Å². The van der Waals surface area contributed by atoms with Gasteiger partial charge in [-0.25, -0.2) is 28.0 Å². The molecule has 3 amide bonds. The summed E-state index contributed by atoms with van der Waals surface area (Å²) in [6.45, 7) is 4.26. The molecule has 21 nitrogen and oxygen atoms in total. The van der Waals surface area contributed by atoms with Gasteiger partial charge in [0.2, 0.25) is 23.3 Å². The number of aliphatic imine (C=N–C) groups is 1. The summed E-state index contributed by atoms with van der Waals surface area (Å²) in [5.74, 6) is -5.89. The second-order valence-electron chi connectivity index (χ2n) is 17.1. The second-order valence-corrected chi connectivity index (χ2v) is 18.8. The van der Waals surface area contributed by atoms with Crippen LogP contribution >= 0.6 is 0 Å². The Kier molecular flexibility index (Phi) is 14.7. The standard InChI is InChI=1S/C48H51N9O12S/c1-4-48(34-21-37-43-29(18-27-10-5-6-15-35(27)54-43)24-57(37)44(63)33(34)25-68-46(48)65)69-45(64)42(26(2)3)55-40(60)23-51-38(58)16-9-17-39(59)53-36(22-41(61)62)28-11-7-13-31(19-28)56-70(66,67)32-14-8-12-30(20-32)52-47(49)50/h5-8,10-15,18-21,26,36,42,56H,4,9,16-17,22-25H2,1-3H3,(H,51,58)(H,53,59)(H,55,60)(H,61,62)(H4,49,50,52)/t36?,42-,48-/m0/s1. The highest BCUT2D eigenvalue weighted by Gasteiger charge is 2.51. The van der Waals surface area contributed by atoms with Gasteiger partial charge in [-0.2, -0.15) is 0 Å². The van der Waals surface area contributed by atoms with Crippen LogP contribution in [0.1, 0.15) is 81.2 Å². The van der Waals surface area contributed by atoms with Gasteiger partial charge in [-0.1, -0.05) is 57.2 Å². The zero-order valence-corrected chi connectivity index (χ0v) is 39.1. The molecule has 0 saturated heterocycles. The van der Waals surface area contributed by atoms with Crippen molar-refractivity contribution in [2.75, 3.05) is 11.3 Å². The van der Waals surface area contributed by atoms with Crippen LogP contribution in [0.25, 0.3) is 22.3 Å². The van der Waals surface area contributed by atoms with Crippen molar-refractivity contribution in [1.82, 2.24) is 25.5 Å². The van der Waals surface area contributed by atoms with Crippen LogP contribution in [0.3, 0.4) is 0 Å². The van der Waals surface area contributed by atoms with Crippen molar-refractivity contribution in [3.63, 3.8) is 0 Å². The molecule has 2 aliphatic heterocycles. The van der Waals surface area contributed by atoms with E-state index < -0.39 is 87.8 Å². The summed E-state index contributed by atoms with van der Waals surface area (Å²) in [5.41, 5.74) is 11.8. The Bertz CT molecular complexity index is 3130. The maximum atomic E-state index is 14.0. The Morgan fingerprint density at radius 1 is 0.929 bits per heavy atom. The fraction of sp³-hybridized carbons (Fsp3) is 0.312. The minimum Gasteiger partial charge on any atom is -0.481 e. The Hall–Kier alpha value is -8.14. The van der Waals surface area contributed by atoms with Gasteiger partial charge in [-0.15, -0.1) is 0 Å². The number of anilines is 1. The van der Waals surface area contributed by atoms with Gasteiger partial charge < -0.3 is 46.6 Å². The highest BCUT2D eigenvalue weighted by Crippen LogP contribution is 2.41. The smallest absolute Gasteiger partial charge is 0.355 e. The Morgan fingerprint density at radius 2 is 1.67 bits per heavy atom. The first-order valence-corrected chi connectivity index (χ1v) is 23.7. The lowest BCUT2D eigenvalue weighted by Crippen LogP contribution is -2.53. The number of aromatic nitrogens is 2. The van der Waals surface area contributed by atoms with Crippen molar-refractivity contribution in [3.8, 4) is 11.4 Å². The SMILES string of the molecule is CC[C@@]1(OC(=O)[C@@H](NC(=O)CNC(=O)CCCC(=O)NC(CC(=O)O)c2cccc(NS(=O)(=O)c3cccc(N=C(N)N)c3)c2)C(C)C)C(=O)OCc2c1cc1n(c2=O)Cc2cc3ccccc3nc2-1. The molecule has 4 heterocycles. The average Bonchev–Trinajstić information content (AvgIpc) is 3.67. The van der Waals surface area contributed by atoms with Gasteiger partial charge in [-0.3, -0.25) is 28.7 Å². The van der Waals surface area contributed by atoms with Crippen molar-refractivity contribution >= 4 is 73.9 Å². The molecular formula is C48H51N9O12S. The Balaban J connectivity index is 0.935. The number of nitrogens with one attached hydrogen (secondary N) is 4. The van der Waals surface area contributed by atoms with Gasteiger partial charge in [0.1, 0.15) is 12.6 Å². The van der Waals surface area contributed by atoms with Crippen LogP contribution in [0.2, 0.25) is 0 Å². The molecular weight excluding hydrogens is 927 g/mol. The second kappa shape index (κ2) is 20.6. The van der Waals surface area contributed by atoms with Gasteiger partial charge in [0.25, 0.3) is 15.6 Å². The molecule has 0 radical (unpaired) electrons. The third-order valence-electron chi connectivity index (χ3n) is 11.8. The summed E-state index contributed by atoms with van der Waals surface area (Å²) < 4.78 is 41.8. The van der Waals surface area contributed by atoms with Crippen molar-refractivity contribution in [3.05, 3.63) is 118 Å². The number of pyridine rings is 2. The number of carbonyl (C=O) groups is 6. The largest absolute Gasteiger partial charge is 0.481 e. The number of nitrogens with two attached hydrogens (primary N) is 2. The van der Waals surface area contributed by atoms with E-state index >= 15 is 0 Å². The van der Waals surface area contributed by atoms with Crippen LogP contribution in [0.15, 0.2) is 99.6 Å². The number of hydrogen-bond acceptors (Lipinski definition) is 13. The molecule has 0 fully saturated rings. The molecule has 0 spiro atoms. The maximum Gasteiger partial charge on any atom is 0.355 e. The van der Waals surface area contributed by atoms with Gasteiger partial charge in [0.05, 0.1) is 58.6 Å². The van der Waals surface area contributed by atoms with E-state index in [0.717, 1.165) is 10.9 Å². The van der Waals surface area contributed by atoms with Crippen molar-refractivity contribution in [2.24, 2.45) is 22.4 Å². The molecule has 3 aromatic carbocycles. The molecule has 5 aromatic rings. The topological polar surface area (TPSA) is 323 Å². The van der Waals surface area contributed by atoms with E-state index in [9.17, 15) is 47.1 Å². The fourth-order valence-electron chi connectivity index (χ4n) is 8.31. The fourth-order valence-corrected chi connectivity index (χ4v) is 9.40. The van der Waals surface area contributed by atoms with E-state index in [1.807, 2.05) is 30.3 Å². The zero-order valence-electron chi connectivity index (χ0n) is 38.3. The predicted molar refractivity (Wildman–Crippen MR) is 254 cm³/mol. The van der Waals surface area contributed by atoms with E-state index in [2.05, 4.69) is 25.7 Å². The number of amides is 3. The highest BCUT2D eigenvalue weighted by atomic mass is 32.2. The van der Waals surface area contributed by atoms with Crippen molar-refractivity contribution < 1.29 is 51.8 Å². The van der Waals surface area contributed by atoms with Crippen LogP contribution in [0, 0.1) is 5.92 Å². The quantitative estimate of drug-likeness (QED) is 0.0348. The molecule has 2 aliphatic rings. The van der Waals surface area contributed by atoms with Crippen LogP contribution in [-0.4, -0.2) is 77.3 Å². The minimum absolute atomic E-state index is 0.000475. The molecule has 0 bridgehead atoms. The van der Waals surface area contributed by atoms with Crippen LogP contribution in [0.4, 0.5) is 11.4 Å². The Morgan fingerprint density at radius 3 is 2.40 bits per heavy atom. The monoisotopic (exact) mass is 977 g/mol. The van der Waals surface area contributed by atoms with Gasteiger partial charge in [0.15, 0.2) is 5.96 Å². The van der Waals surface area contributed by atoms with Crippen LogP contribution in [0.5, 0.6) is 0 Å². The van der Waals surface area contributed by atoms with Crippen molar-refractivity contribution in [2.45, 2.75) is 88.6 Å². The highest BCUT2D eigenvalue weighted by molar-refractivity contribution is 7.92. The lowest BCUT2D eigenvalue weighted by Gasteiger charge is -2.37. The number of guanidine groups is 1. The number of cyclic esters (lactones) is 1. The third-order valence-corrected chi connectivity index (χ3v) is 13.2. The number of carboxylic acids is 1. The lowest BCUT2D eigenvalue weighted by atomic mass is 9.85. The molecule has 0 aliphatic carbocycles. The first-order chi connectivity index (χ1) is 33.3. The first kappa shape index (κ1) is 49.8. The van der Waals surface area contributed by atoms with Gasteiger partial charge in [-0.05, 0) is 72.9 Å². The number of benzene rings is 3. The van der Waals surface area contributed by atoms with Gasteiger partial charge in [0, 0.05) is 35.0 Å². The number of esters is 2. The third kappa shape index (κ3) is 10.9. The number of nitrogens with zero attached hydrogens (tertiary/aromatic N) is 3. The summed E-state index contributed by atoms with van der Waals surface area (Å²) in [6, 6.07) is 20.1. The molecule has 0 saturated carbocycles. The molecule has 70 heavy (non-hydrogen) atoms. The normalized spacial score (nSPS) is 15.6. The minimum atomic E-state index is -4.15. The number of hydrogen-bond donors (Lipinski definition) is 7. The number of aliphatic carboxylic acids is 1. The number of ether oxygens (including phenoxy) is 2. The van der Waals surface area contributed by atoms with E-state index in [0.29, 0.717) is 16.9 Å². The maximum absolute atomic E-state index is 14.0. The number of para-hydroxylation sites is 1. The van der Waals surface area contributed by atoms with Gasteiger partial charge >= 0.3 is 17.9 Å². The zero-order chi connectivity index (χ0) is 50.5. The molecule has 9 N–H and O–H groups in total. The summed E-state index contributed by atoms with van der Waals surface area (Å²) in [5, 5.41) is 18.1. The van der Waals surface area contributed by atoms with E-state index in [-0.39, 0.29) is 77.8 Å². The summed E-state index contributed by atoms with van der Waals surface area (Å²) in [7, 11) is -4.15. The molecule has 7 rings (SSSR count). The van der Waals surface area contributed by atoms with Crippen molar-refractivity contribution in [1.29, 1.82) is 0 Å². The lowest BCUT2D eigenvalue weighted by molar-refractivity contribution is -0.191. The number of sulfonamides is 1. The number of rotatable bonds is 19. The van der Waals surface area contributed by atoms with Crippen LogP contribution in [-0.2, 0) is 67.0 Å². The van der Waals surface area contributed by atoms with E-state index in [4.69, 9.17) is 25.9 Å². The summed E-state index contributed by atoms with van der Waals surface area (Å²) in [4.78, 5) is 101. The molecule has 1 unspecified atom stereocenters. The summed E-state index contributed by atoms with van der Waals surface area (Å²) >= 11 is 0. The first-order valence-electron chi connectivity index (χ1n) is 22.2. The number of fused-ring (bicyclic) bond motifs is 5. The predicted octanol–water partition coefficient (Wildman–Crippen LogP) is 3.10. The molecule has 22 heteroatoms. The summed E-state index contributed by atoms with van der Waals surface area (Å²) in [6.07, 6.45) is -1.07. The molecule has 366 valence electrons. The Labute approximate surface area is 401 Å². The molecule has 3 atom stereocenters. The number of carboxylic acid groups (broad SMARTS) is 1. The molecule has 2 aromatic heterocycles. The van der Waals surface area contributed by atoms with E-state index in [1.54, 1.807) is 31.4 Å². The average molecular weight is 978 g/mol. The van der Waals surface area contributed by atoms with E-state index in [1.165, 1.54) is 48.5 Å². The number of carbonyl (C=O) groups excluding carboxylic acids is 5.